The second-order valence-corrected chi connectivity index (χ2v) is 6.48. The standard InChI is InChI=1S/C15H22BNO4/c1-14(2)15(3,4)21-16(20-14)11-7-5-6-10(8-11)9-12(17)13(18)19/h5-8,12H,9,17H2,1-4H3,(H,18,19). The monoisotopic (exact) mass is 291 g/mol. The van der Waals surface area contributed by atoms with Crippen molar-refractivity contribution in [2.24, 2.45) is 5.73 Å². The maximum Gasteiger partial charge on any atom is 0.494 e. The van der Waals surface area contributed by atoms with Crippen molar-refractivity contribution >= 4 is 18.6 Å². The van der Waals surface area contributed by atoms with E-state index in [4.69, 9.17) is 20.1 Å². The van der Waals surface area contributed by atoms with Gasteiger partial charge in [-0.1, -0.05) is 24.3 Å². The molecule has 21 heavy (non-hydrogen) atoms. The van der Waals surface area contributed by atoms with E-state index < -0.39 is 30.3 Å². The van der Waals surface area contributed by atoms with E-state index in [1.54, 1.807) is 0 Å². The first-order valence-corrected chi connectivity index (χ1v) is 7.05. The topological polar surface area (TPSA) is 81.8 Å². The summed E-state index contributed by atoms with van der Waals surface area (Å²) in [6, 6.07) is 6.63. The van der Waals surface area contributed by atoms with E-state index in [1.165, 1.54) is 0 Å². The van der Waals surface area contributed by atoms with Gasteiger partial charge in [-0.2, -0.15) is 0 Å². The van der Waals surface area contributed by atoms with Crippen molar-refractivity contribution < 1.29 is 19.2 Å². The van der Waals surface area contributed by atoms with E-state index in [0.29, 0.717) is 0 Å². The fraction of sp³-hybridized carbons (Fsp3) is 0.533. The molecule has 1 aromatic carbocycles. The largest absolute Gasteiger partial charge is 0.494 e. The van der Waals surface area contributed by atoms with Crippen LogP contribution in [-0.4, -0.2) is 35.4 Å². The Morgan fingerprint density at radius 3 is 2.38 bits per heavy atom. The van der Waals surface area contributed by atoms with Crippen LogP contribution in [0.15, 0.2) is 24.3 Å². The summed E-state index contributed by atoms with van der Waals surface area (Å²) < 4.78 is 12.0. The molecule has 0 amide bonds. The summed E-state index contributed by atoms with van der Waals surface area (Å²) in [6.07, 6.45) is 0.280. The van der Waals surface area contributed by atoms with Gasteiger partial charge >= 0.3 is 13.1 Å². The van der Waals surface area contributed by atoms with Crippen LogP contribution in [0.1, 0.15) is 33.3 Å². The molecule has 0 bridgehead atoms. The van der Waals surface area contributed by atoms with Gasteiger partial charge in [-0.15, -0.1) is 0 Å². The Morgan fingerprint density at radius 2 is 1.86 bits per heavy atom. The molecule has 1 fully saturated rings. The van der Waals surface area contributed by atoms with Crippen LogP contribution in [-0.2, 0) is 20.5 Å². The van der Waals surface area contributed by atoms with Crippen LogP contribution in [0.2, 0.25) is 0 Å². The van der Waals surface area contributed by atoms with Gasteiger partial charge in [0.05, 0.1) is 11.2 Å². The van der Waals surface area contributed by atoms with Crippen molar-refractivity contribution in [3.63, 3.8) is 0 Å². The van der Waals surface area contributed by atoms with Gasteiger partial charge in [0.25, 0.3) is 0 Å². The molecule has 1 heterocycles. The summed E-state index contributed by atoms with van der Waals surface area (Å²) in [5.74, 6) is -1.00. The summed E-state index contributed by atoms with van der Waals surface area (Å²) >= 11 is 0. The molecule has 1 aromatic rings. The molecule has 1 aliphatic rings. The fourth-order valence-electron chi connectivity index (χ4n) is 2.19. The normalized spacial score (nSPS) is 21.3. The number of carboxylic acids is 1. The lowest BCUT2D eigenvalue weighted by atomic mass is 9.78. The van der Waals surface area contributed by atoms with Crippen molar-refractivity contribution in [3.05, 3.63) is 29.8 Å². The summed E-state index contributed by atoms with van der Waals surface area (Å²) in [6.45, 7) is 7.99. The molecule has 6 heteroatoms. The SMILES string of the molecule is CC1(C)OB(c2cccc(CC(N)C(=O)O)c2)OC1(C)C. The predicted octanol–water partition coefficient (Wildman–Crippen LogP) is 0.940. The average molecular weight is 291 g/mol. The Morgan fingerprint density at radius 1 is 1.29 bits per heavy atom. The zero-order chi connectivity index (χ0) is 15.8. The van der Waals surface area contributed by atoms with E-state index in [0.717, 1.165) is 11.0 Å². The lowest BCUT2D eigenvalue weighted by Crippen LogP contribution is -2.41. The second kappa shape index (κ2) is 5.44. The highest BCUT2D eigenvalue weighted by atomic mass is 16.7. The fourth-order valence-corrected chi connectivity index (χ4v) is 2.19. The third kappa shape index (κ3) is 3.28. The third-order valence-corrected chi connectivity index (χ3v) is 4.25. The molecule has 1 saturated heterocycles. The minimum absolute atomic E-state index is 0.280. The van der Waals surface area contributed by atoms with Gasteiger partial charge in [0, 0.05) is 0 Å². The van der Waals surface area contributed by atoms with Gasteiger partial charge in [0.15, 0.2) is 0 Å². The minimum atomic E-state index is -1.00. The van der Waals surface area contributed by atoms with Crippen LogP contribution >= 0.6 is 0 Å². The van der Waals surface area contributed by atoms with Crippen molar-refractivity contribution in [1.29, 1.82) is 0 Å². The molecule has 0 aliphatic carbocycles. The summed E-state index contributed by atoms with van der Waals surface area (Å²) in [7, 11) is -0.448. The van der Waals surface area contributed by atoms with Crippen molar-refractivity contribution in [1.82, 2.24) is 0 Å². The lowest BCUT2D eigenvalue weighted by Gasteiger charge is -2.32. The van der Waals surface area contributed by atoms with Crippen molar-refractivity contribution in [2.45, 2.75) is 51.4 Å². The Balaban J connectivity index is 2.17. The smallest absolute Gasteiger partial charge is 0.480 e. The number of carbonyl (C=O) groups is 1. The third-order valence-electron chi connectivity index (χ3n) is 4.25. The molecule has 0 aromatic heterocycles. The van der Waals surface area contributed by atoms with Gasteiger partial charge in [-0.25, -0.2) is 0 Å². The molecule has 0 saturated carbocycles. The maximum absolute atomic E-state index is 10.8. The Bertz CT molecular complexity index is 528. The van der Waals surface area contributed by atoms with Gasteiger partial charge in [-0.3, -0.25) is 4.79 Å². The minimum Gasteiger partial charge on any atom is -0.480 e. The number of carboxylic acid groups (broad SMARTS) is 1. The zero-order valence-electron chi connectivity index (χ0n) is 12.9. The molecular weight excluding hydrogens is 269 g/mol. The first kappa shape index (κ1) is 16.0. The predicted molar refractivity (Wildman–Crippen MR) is 81.5 cm³/mol. The Labute approximate surface area is 125 Å². The highest BCUT2D eigenvalue weighted by Crippen LogP contribution is 2.36. The molecule has 1 unspecified atom stereocenters. The molecule has 1 atom stereocenters. The highest BCUT2D eigenvalue weighted by molar-refractivity contribution is 6.62. The Kier molecular flexibility index (Phi) is 4.15. The van der Waals surface area contributed by atoms with Gasteiger partial charge in [-0.05, 0) is 45.1 Å². The van der Waals surface area contributed by atoms with Crippen LogP contribution < -0.4 is 11.2 Å². The maximum atomic E-state index is 10.8. The van der Waals surface area contributed by atoms with Crippen LogP contribution in [0.3, 0.4) is 0 Å². The van der Waals surface area contributed by atoms with E-state index in [2.05, 4.69) is 0 Å². The van der Waals surface area contributed by atoms with Gasteiger partial charge in [0.2, 0.25) is 0 Å². The highest BCUT2D eigenvalue weighted by Gasteiger charge is 2.51. The average Bonchev–Trinajstić information content (AvgIpc) is 2.58. The van der Waals surface area contributed by atoms with Crippen molar-refractivity contribution in [3.8, 4) is 0 Å². The summed E-state index contributed by atoms with van der Waals surface area (Å²) in [5, 5.41) is 8.89. The first-order chi connectivity index (χ1) is 9.62. The second-order valence-electron chi connectivity index (χ2n) is 6.48. The van der Waals surface area contributed by atoms with Crippen LogP contribution in [0, 0.1) is 0 Å². The Hall–Kier alpha value is -1.37. The lowest BCUT2D eigenvalue weighted by molar-refractivity contribution is -0.138. The number of hydrogen-bond donors (Lipinski definition) is 2. The van der Waals surface area contributed by atoms with Crippen LogP contribution in [0.4, 0.5) is 0 Å². The number of rotatable bonds is 4. The van der Waals surface area contributed by atoms with Crippen LogP contribution in [0.5, 0.6) is 0 Å². The quantitative estimate of drug-likeness (QED) is 0.807. The summed E-state index contributed by atoms with van der Waals surface area (Å²) in [5.41, 5.74) is 6.52. The van der Waals surface area contributed by atoms with Gasteiger partial charge < -0.3 is 20.1 Å². The molecular formula is C15H22BNO4. The molecule has 114 valence electrons. The molecule has 0 spiro atoms. The first-order valence-electron chi connectivity index (χ1n) is 7.05. The number of aliphatic carboxylic acids is 1. The molecule has 0 radical (unpaired) electrons. The molecule has 1 aliphatic heterocycles. The number of benzene rings is 1. The van der Waals surface area contributed by atoms with E-state index in [9.17, 15) is 4.79 Å². The van der Waals surface area contributed by atoms with Gasteiger partial charge in [0.1, 0.15) is 6.04 Å². The van der Waals surface area contributed by atoms with E-state index in [1.807, 2.05) is 52.0 Å². The van der Waals surface area contributed by atoms with E-state index >= 15 is 0 Å². The van der Waals surface area contributed by atoms with Crippen molar-refractivity contribution in [2.75, 3.05) is 0 Å². The zero-order valence-corrected chi connectivity index (χ0v) is 12.9. The van der Waals surface area contributed by atoms with Crippen LogP contribution in [0.25, 0.3) is 0 Å². The molecule has 3 N–H and O–H groups in total. The van der Waals surface area contributed by atoms with E-state index in [-0.39, 0.29) is 6.42 Å². The summed E-state index contributed by atoms with van der Waals surface area (Å²) in [4.78, 5) is 10.8. The number of nitrogens with two attached hydrogens (primary N) is 1. The molecule has 2 rings (SSSR count). The number of hydrogen-bond acceptors (Lipinski definition) is 4. The molecule has 5 nitrogen and oxygen atoms in total.